The molecule has 3 aromatic rings. The molecular formula is C22H23FN2OS. The van der Waals surface area contributed by atoms with Crippen molar-refractivity contribution in [2.75, 3.05) is 20.6 Å². The number of benzene rings is 2. The summed E-state index contributed by atoms with van der Waals surface area (Å²) in [6, 6.07) is 18.4. The molecule has 140 valence electrons. The summed E-state index contributed by atoms with van der Waals surface area (Å²) in [5, 5.41) is 4.07. The Bertz CT molecular complexity index is 850. The number of nitrogens with zero attached hydrogens (tertiary/aromatic N) is 2. The summed E-state index contributed by atoms with van der Waals surface area (Å²) in [5.74, 6) is -0.216. The molecule has 1 atom stereocenters. The number of halogens is 1. The predicted molar refractivity (Wildman–Crippen MR) is 108 cm³/mol. The van der Waals surface area contributed by atoms with Crippen LogP contribution < -0.4 is 0 Å². The van der Waals surface area contributed by atoms with Crippen molar-refractivity contribution in [1.29, 1.82) is 0 Å². The van der Waals surface area contributed by atoms with E-state index in [2.05, 4.69) is 5.38 Å². The van der Waals surface area contributed by atoms with Crippen LogP contribution in [0.3, 0.4) is 0 Å². The smallest absolute Gasteiger partial charge is 0.236 e. The lowest BCUT2D eigenvalue weighted by molar-refractivity contribution is -0.131. The normalized spacial score (nSPS) is 12.1. The van der Waals surface area contributed by atoms with Gasteiger partial charge in [-0.2, -0.15) is 11.3 Å². The number of rotatable bonds is 7. The van der Waals surface area contributed by atoms with Crippen molar-refractivity contribution in [2.45, 2.75) is 12.6 Å². The molecule has 2 aromatic carbocycles. The highest BCUT2D eigenvalue weighted by molar-refractivity contribution is 7.07. The van der Waals surface area contributed by atoms with Crippen molar-refractivity contribution < 1.29 is 9.18 Å². The van der Waals surface area contributed by atoms with Gasteiger partial charge >= 0.3 is 0 Å². The maximum absolute atomic E-state index is 13.4. The first-order valence-corrected chi connectivity index (χ1v) is 9.74. The van der Waals surface area contributed by atoms with Crippen molar-refractivity contribution in [3.63, 3.8) is 0 Å². The third-order valence-electron chi connectivity index (χ3n) is 4.55. The van der Waals surface area contributed by atoms with E-state index in [1.54, 1.807) is 28.4 Å². The van der Waals surface area contributed by atoms with Crippen LogP contribution >= 0.6 is 11.3 Å². The van der Waals surface area contributed by atoms with E-state index in [0.717, 1.165) is 16.7 Å². The molecule has 5 heteroatoms. The van der Waals surface area contributed by atoms with Crippen LogP contribution in [-0.2, 0) is 11.3 Å². The Morgan fingerprint density at radius 1 is 1.00 bits per heavy atom. The lowest BCUT2D eigenvalue weighted by Crippen LogP contribution is -2.38. The Balaban J connectivity index is 1.77. The summed E-state index contributed by atoms with van der Waals surface area (Å²) >= 11 is 1.63. The van der Waals surface area contributed by atoms with E-state index < -0.39 is 0 Å². The molecule has 0 bridgehead atoms. The van der Waals surface area contributed by atoms with E-state index in [-0.39, 0.29) is 24.3 Å². The summed E-state index contributed by atoms with van der Waals surface area (Å²) in [4.78, 5) is 16.5. The van der Waals surface area contributed by atoms with Gasteiger partial charge in [-0.1, -0.05) is 42.5 Å². The molecule has 27 heavy (non-hydrogen) atoms. The van der Waals surface area contributed by atoms with Gasteiger partial charge in [0, 0.05) is 13.6 Å². The first-order valence-electron chi connectivity index (χ1n) is 8.80. The molecule has 1 amide bonds. The minimum Gasteiger partial charge on any atom is -0.340 e. The number of amides is 1. The summed E-state index contributed by atoms with van der Waals surface area (Å²) in [6.45, 7) is 0.875. The standard InChI is InChI=1S/C22H23FN2OS/c1-24(14-17-12-13-27-16-17)21(26)15-25(2)22(18-6-4-3-5-7-18)19-8-10-20(23)11-9-19/h3-13,16,22H,14-15H2,1-2H3/t22-/m1/s1. The second kappa shape index (κ2) is 8.93. The maximum atomic E-state index is 13.4. The minimum atomic E-state index is -0.264. The highest BCUT2D eigenvalue weighted by Gasteiger charge is 2.22. The fourth-order valence-corrected chi connectivity index (χ4v) is 3.81. The Morgan fingerprint density at radius 2 is 1.67 bits per heavy atom. The Hall–Kier alpha value is -2.50. The lowest BCUT2D eigenvalue weighted by atomic mass is 9.97. The number of hydrogen-bond acceptors (Lipinski definition) is 3. The summed E-state index contributed by atoms with van der Waals surface area (Å²) < 4.78 is 13.4. The van der Waals surface area contributed by atoms with Crippen molar-refractivity contribution in [2.24, 2.45) is 0 Å². The molecule has 0 saturated carbocycles. The van der Waals surface area contributed by atoms with Gasteiger partial charge in [0.25, 0.3) is 0 Å². The Labute approximate surface area is 163 Å². The van der Waals surface area contributed by atoms with Gasteiger partial charge < -0.3 is 4.90 Å². The molecule has 0 spiro atoms. The van der Waals surface area contributed by atoms with Crippen molar-refractivity contribution in [3.8, 4) is 0 Å². The number of hydrogen-bond donors (Lipinski definition) is 0. The fourth-order valence-electron chi connectivity index (χ4n) is 3.15. The van der Waals surface area contributed by atoms with Crippen molar-refractivity contribution in [1.82, 2.24) is 9.80 Å². The number of thiophene rings is 1. The molecule has 0 aliphatic heterocycles. The highest BCUT2D eigenvalue weighted by atomic mass is 32.1. The van der Waals surface area contributed by atoms with Crippen LogP contribution in [0.1, 0.15) is 22.7 Å². The van der Waals surface area contributed by atoms with Gasteiger partial charge in [-0.3, -0.25) is 9.69 Å². The van der Waals surface area contributed by atoms with E-state index >= 15 is 0 Å². The zero-order valence-electron chi connectivity index (χ0n) is 15.5. The molecule has 0 fully saturated rings. The average Bonchev–Trinajstić information content (AvgIpc) is 3.17. The van der Waals surface area contributed by atoms with Gasteiger partial charge in [0.05, 0.1) is 12.6 Å². The van der Waals surface area contributed by atoms with Gasteiger partial charge in [-0.25, -0.2) is 4.39 Å². The number of carbonyl (C=O) groups excluding carboxylic acids is 1. The second-order valence-corrected chi connectivity index (χ2v) is 7.44. The van der Waals surface area contributed by atoms with E-state index in [0.29, 0.717) is 6.54 Å². The van der Waals surface area contributed by atoms with E-state index in [9.17, 15) is 9.18 Å². The third kappa shape index (κ3) is 5.02. The van der Waals surface area contributed by atoms with E-state index in [1.807, 2.05) is 60.8 Å². The van der Waals surface area contributed by atoms with E-state index in [4.69, 9.17) is 0 Å². The Kier molecular flexibility index (Phi) is 6.37. The molecule has 0 radical (unpaired) electrons. The Morgan fingerprint density at radius 3 is 2.30 bits per heavy atom. The van der Waals surface area contributed by atoms with Crippen molar-refractivity contribution in [3.05, 3.63) is 93.9 Å². The molecule has 0 aliphatic carbocycles. The quantitative estimate of drug-likeness (QED) is 0.598. The summed E-state index contributed by atoms with van der Waals surface area (Å²) in [6.07, 6.45) is 0. The SMILES string of the molecule is CN(Cc1ccsc1)C(=O)CN(C)[C@H](c1ccccc1)c1ccc(F)cc1. The largest absolute Gasteiger partial charge is 0.340 e. The first-order chi connectivity index (χ1) is 13.0. The number of carbonyl (C=O) groups is 1. The minimum absolute atomic E-state index is 0.0479. The maximum Gasteiger partial charge on any atom is 0.236 e. The fraction of sp³-hybridized carbons (Fsp3) is 0.227. The van der Waals surface area contributed by atoms with Gasteiger partial charge in [0.15, 0.2) is 0 Å². The average molecular weight is 383 g/mol. The molecule has 0 unspecified atom stereocenters. The molecule has 1 heterocycles. The molecule has 0 saturated heterocycles. The van der Waals surface area contributed by atoms with Crippen LogP contribution in [0.4, 0.5) is 4.39 Å². The van der Waals surface area contributed by atoms with Crippen LogP contribution in [0.5, 0.6) is 0 Å². The molecule has 0 aliphatic rings. The van der Waals surface area contributed by atoms with Gasteiger partial charge in [-0.15, -0.1) is 0 Å². The van der Waals surface area contributed by atoms with Crippen molar-refractivity contribution >= 4 is 17.2 Å². The predicted octanol–water partition coefficient (Wildman–Crippen LogP) is 4.57. The molecule has 3 rings (SSSR count). The lowest BCUT2D eigenvalue weighted by Gasteiger charge is -2.30. The van der Waals surface area contributed by atoms with Crippen LogP contribution in [0, 0.1) is 5.82 Å². The van der Waals surface area contributed by atoms with Crippen LogP contribution in [0.2, 0.25) is 0 Å². The highest BCUT2D eigenvalue weighted by Crippen LogP contribution is 2.27. The molecular weight excluding hydrogens is 359 g/mol. The topological polar surface area (TPSA) is 23.6 Å². The molecule has 1 aromatic heterocycles. The zero-order valence-corrected chi connectivity index (χ0v) is 16.3. The number of likely N-dealkylation sites (N-methyl/N-ethyl adjacent to an activating group) is 2. The van der Waals surface area contributed by atoms with Crippen LogP contribution in [0.15, 0.2) is 71.4 Å². The van der Waals surface area contributed by atoms with Gasteiger partial charge in [-0.05, 0) is 52.7 Å². The first kappa shape index (κ1) is 19.3. The zero-order chi connectivity index (χ0) is 19.2. The van der Waals surface area contributed by atoms with Gasteiger partial charge in [0.1, 0.15) is 5.82 Å². The molecule has 0 N–H and O–H groups in total. The van der Waals surface area contributed by atoms with E-state index in [1.165, 1.54) is 12.1 Å². The summed E-state index contributed by atoms with van der Waals surface area (Å²) in [5.41, 5.74) is 3.16. The molecule has 3 nitrogen and oxygen atoms in total. The second-order valence-electron chi connectivity index (χ2n) is 6.66. The van der Waals surface area contributed by atoms with Gasteiger partial charge in [0.2, 0.25) is 5.91 Å². The van der Waals surface area contributed by atoms with Crippen LogP contribution in [-0.4, -0.2) is 36.3 Å². The monoisotopic (exact) mass is 382 g/mol. The summed E-state index contributed by atoms with van der Waals surface area (Å²) in [7, 11) is 3.75. The van der Waals surface area contributed by atoms with Crippen LogP contribution in [0.25, 0.3) is 0 Å². The third-order valence-corrected chi connectivity index (χ3v) is 5.28.